The molecule has 0 radical (unpaired) electrons. The lowest BCUT2D eigenvalue weighted by atomic mass is 10.1. The van der Waals surface area contributed by atoms with Crippen LogP contribution in [0.4, 0.5) is 0 Å². The van der Waals surface area contributed by atoms with Crippen molar-refractivity contribution in [3.8, 4) is 11.8 Å². The zero-order valence-corrected chi connectivity index (χ0v) is 12.5. The summed E-state index contributed by atoms with van der Waals surface area (Å²) in [5.41, 5.74) is 1.68. The molecule has 20 heavy (non-hydrogen) atoms. The van der Waals surface area contributed by atoms with Crippen molar-refractivity contribution in [2.45, 2.75) is 6.54 Å². The molecular formula is C15H23N3O2. The first kappa shape index (κ1) is 16.4. The molecule has 0 atom stereocenters. The summed E-state index contributed by atoms with van der Waals surface area (Å²) >= 11 is 0. The molecule has 110 valence electrons. The lowest BCUT2D eigenvalue weighted by molar-refractivity contribution is 0.161. The number of nitriles is 1. The van der Waals surface area contributed by atoms with Crippen molar-refractivity contribution in [3.63, 3.8) is 0 Å². The fraction of sp³-hybridized carbons (Fsp3) is 0.533. The third kappa shape index (κ3) is 5.57. The van der Waals surface area contributed by atoms with Crippen molar-refractivity contribution in [2.75, 3.05) is 47.5 Å². The first-order chi connectivity index (χ1) is 9.71. The van der Waals surface area contributed by atoms with Gasteiger partial charge in [0.05, 0.1) is 19.3 Å². The number of likely N-dealkylation sites (N-methyl/N-ethyl adjacent to an activating group) is 1. The smallest absolute Gasteiger partial charge is 0.136 e. The van der Waals surface area contributed by atoms with E-state index in [0.717, 1.165) is 38.3 Å². The van der Waals surface area contributed by atoms with Crippen molar-refractivity contribution in [1.82, 2.24) is 10.2 Å². The topological polar surface area (TPSA) is 57.5 Å². The first-order valence-electron chi connectivity index (χ1n) is 6.66. The summed E-state index contributed by atoms with van der Waals surface area (Å²) in [4.78, 5) is 2.22. The maximum Gasteiger partial charge on any atom is 0.136 e. The van der Waals surface area contributed by atoms with E-state index in [9.17, 15) is 0 Å². The summed E-state index contributed by atoms with van der Waals surface area (Å²) in [5, 5.41) is 12.3. The molecule has 0 bridgehead atoms. The highest BCUT2D eigenvalue weighted by molar-refractivity contribution is 5.45. The number of nitrogens with one attached hydrogen (secondary N) is 1. The molecule has 0 aromatic heterocycles. The maximum absolute atomic E-state index is 8.93. The number of hydrogen-bond acceptors (Lipinski definition) is 5. The largest absolute Gasteiger partial charge is 0.495 e. The molecule has 0 saturated heterocycles. The summed E-state index contributed by atoms with van der Waals surface area (Å²) < 4.78 is 10.2. The van der Waals surface area contributed by atoms with Gasteiger partial charge in [0.15, 0.2) is 0 Å². The highest BCUT2D eigenvalue weighted by Gasteiger charge is 2.03. The molecule has 0 spiro atoms. The molecule has 1 N–H and O–H groups in total. The van der Waals surface area contributed by atoms with Gasteiger partial charge in [-0.05, 0) is 24.7 Å². The van der Waals surface area contributed by atoms with E-state index < -0.39 is 0 Å². The zero-order chi connectivity index (χ0) is 14.8. The minimum Gasteiger partial charge on any atom is -0.495 e. The van der Waals surface area contributed by atoms with Crippen molar-refractivity contribution in [3.05, 3.63) is 29.3 Å². The lowest BCUT2D eigenvalue weighted by Crippen LogP contribution is -2.31. The predicted octanol–water partition coefficient (Wildman–Crippen LogP) is 1.23. The first-order valence-corrected chi connectivity index (χ1v) is 6.66. The van der Waals surface area contributed by atoms with Crippen molar-refractivity contribution in [1.29, 1.82) is 5.26 Å². The molecular weight excluding hydrogens is 254 g/mol. The quantitative estimate of drug-likeness (QED) is 0.688. The molecule has 1 aromatic carbocycles. The van der Waals surface area contributed by atoms with Gasteiger partial charge in [0.25, 0.3) is 0 Å². The molecule has 0 saturated carbocycles. The van der Waals surface area contributed by atoms with E-state index in [2.05, 4.69) is 23.3 Å². The Kier molecular flexibility index (Phi) is 7.66. The molecule has 0 heterocycles. The number of hydrogen-bond donors (Lipinski definition) is 1. The second kappa shape index (κ2) is 9.32. The molecule has 1 rings (SSSR count). The Bertz CT molecular complexity index is 443. The monoisotopic (exact) mass is 277 g/mol. The zero-order valence-electron chi connectivity index (χ0n) is 12.5. The van der Waals surface area contributed by atoms with E-state index in [1.54, 1.807) is 20.3 Å². The summed E-state index contributed by atoms with van der Waals surface area (Å²) in [6.07, 6.45) is 0. The van der Waals surface area contributed by atoms with Gasteiger partial charge in [0.1, 0.15) is 11.8 Å². The average Bonchev–Trinajstić information content (AvgIpc) is 2.49. The van der Waals surface area contributed by atoms with Crippen LogP contribution in [-0.4, -0.2) is 52.4 Å². The van der Waals surface area contributed by atoms with Crippen molar-refractivity contribution >= 4 is 0 Å². The van der Waals surface area contributed by atoms with Crippen molar-refractivity contribution in [2.24, 2.45) is 0 Å². The van der Waals surface area contributed by atoms with Crippen LogP contribution < -0.4 is 10.1 Å². The molecule has 0 fully saturated rings. The maximum atomic E-state index is 8.93. The van der Waals surface area contributed by atoms with E-state index in [-0.39, 0.29) is 0 Å². The average molecular weight is 277 g/mol. The van der Waals surface area contributed by atoms with Crippen LogP contribution in [0, 0.1) is 11.3 Å². The van der Waals surface area contributed by atoms with Gasteiger partial charge >= 0.3 is 0 Å². The van der Waals surface area contributed by atoms with Gasteiger partial charge in [-0.15, -0.1) is 0 Å². The van der Waals surface area contributed by atoms with Crippen LogP contribution in [0.5, 0.6) is 5.75 Å². The fourth-order valence-corrected chi connectivity index (χ4v) is 1.80. The number of methoxy groups -OCH3 is 2. The standard InChI is InChI=1S/C15H23N3O2/c1-18(8-9-19-2)7-6-17-12-13-4-5-14(11-16)15(10-13)20-3/h4-5,10,17H,6-9,12H2,1-3H3. The second-order valence-electron chi connectivity index (χ2n) is 4.62. The lowest BCUT2D eigenvalue weighted by Gasteiger charge is -2.16. The molecule has 0 amide bonds. The van der Waals surface area contributed by atoms with Gasteiger partial charge in [-0.25, -0.2) is 0 Å². The number of benzene rings is 1. The van der Waals surface area contributed by atoms with E-state index in [1.807, 2.05) is 12.1 Å². The van der Waals surface area contributed by atoms with E-state index in [0.29, 0.717) is 11.3 Å². The number of ether oxygens (including phenoxy) is 2. The third-order valence-corrected chi connectivity index (χ3v) is 3.06. The van der Waals surface area contributed by atoms with Crippen molar-refractivity contribution < 1.29 is 9.47 Å². The van der Waals surface area contributed by atoms with Gasteiger partial charge in [0.2, 0.25) is 0 Å². The Morgan fingerprint density at radius 2 is 2.10 bits per heavy atom. The summed E-state index contributed by atoms with van der Waals surface area (Å²) in [5.74, 6) is 0.629. The molecule has 0 aliphatic rings. The van der Waals surface area contributed by atoms with E-state index in [1.165, 1.54) is 0 Å². The van der Waals surface area contributed by atoms with Crippen LogP contribution in [0.2, 0.25) is 0 Å². The molecule has 0 aliphatic heterocycles. The van der Waals surface area contributed by atoms with Gasteiger partial charge in [-0.2, -0.15) is 5.26 Å². The Labute approximate surface area is 121 Å². The van der Waals surface area contributed by atoms with Crippen LogP contribution in [0.25, 0.3) is 0 Å². The highest BCUT2D eigenvalue weighted by atomic mass is 16.5. The Hall–Kier alpha value is -1.61. The van der Waals surface area contributed by atoms with Crippen LogP contribution >= 0.6 is 0 Å². The molecule has 5 heteroatoms. The number of rotatable bonds is 9. The fourth-order valence-electron chi connectivity index (χ4n) is 1.80. The van der Waals surface area contributed by atoms with Crippen LogP contribution in [0.15, 0.2) is 18.2 Å². The molecule has 5 nitrogen and oxygen atoms in total. The summed E-state index contributed by atoms with van der Waals surface area (Å²) in [7, 11) is 5.37. The van der Waals surface area contributed by atoms with E-state index >= 15 is 0 Å². The highest BCUT2D eigenvalue weighted by Crippen LogP contribution is 2.18. The molecule has 1 aromatic rings. The summed E-state index contributed by atoms with van der Waals surface area (Å²) in [6.45, 7) is 4.33. The van der Waals surface area contributed by atoms with Crippen LogP contribution in [0.3, 0.4) is 0 Å². The van der Waals surface area contributed by atoms with Gasteiger partial charge in [-0.1, -0.05) is 6.07 Å². The SMILES string of the molecule is COCCN(C)CCNCc1ccc(C#N)c(OC)c1. The second-order valence-corrected chi connectivity index (χ2v) is 4.62. The minimum atomic E-state index is 0.565. The Morgan fingerprint density at radius 1 is 1.30 bits per heavy atom. The van der Waals surface area contributed by atoms with Crippen LogP contribution in [0.1, 0.15) is 11.1 Å². The minimum absolute atomic E-state index is 0.565. The summed E-state index contributed by atoms with van der Waals surface area (Å²) in [6, 6.07) is 7.75. The molecule has 0 unspecified atom stereocenters. The Morgan fingerprint density at radius 3 is 2.75 bits per heavy atom. The molecule has 0 aliphatic carbocycles. The number of nitrogens with zero attached hydrogens (tertiary/aromatic N) is 2. The van der Waals surface area contributed by atoms with Crippen LogP contribution in [-0.2, 0) is 11.3 Å². The predicted molar refractivity (Wildman–Crippen MR) is 78.8 cm³/mol. The third-order valence-electron chi connectivity index (χ3n) is 3.06. The van der Waals surface area contributed by atoms with E-state index in [4.69, 9.17) is 14.7 Å². The van der Waals surface area contributed by atoms with Gasteiger partial charge in [0, 0.05) is 33.3 Å². The van der Waals surface area contributed by atoms with Gasteiger partial charge in [-0.3, -0.25) is 0 Å². The Balaban J connectivity index is 2.34. The normalized spacial score (nSPS) is 10.6. The van der Waals surface area contributed by atoms with Gasteiger partial charge < -0.3 is 19.7 Å².